The Balaban J connectivity index is 2.33. The van der Waals surface area contributed by atoms with E-state index in [0.29, 0.717) is 11.6 Å². The Kier molecular flexibility index (Phi) is 7.60. The summed E-state index contributed by atoms with van der Waals surface area (Å²) in [5.41, 5.74) is -1.43. The summed E-state index contributed by atoms with van der Waals surface area (Å²) >= 11 is 0. The maximum absolute atomic E-state index is 13.9. The first-order valence-corrected chi connectivity index (χ1v) is 9.31. The Morgan fingerprint density at radius 2 is 1.50 bits per heavy atom. The van der Waals surface area contributed by atoms with Crippen LogP contribution >= 0.6 is 0 Å². The van der Waals surface area contributed by atoms with Crippen molar-refractivity contribution in [1.82, 2.24) is 5.32 Å². The van der Waals surface area contributed by atoms with Gasteiger partial charge in [-0.1, -0.05) is 30.3 Å². The summed E-state index contributed by atoms with van der Waals surface area (Å²) in [5.74, 6) is -11.8. The number of halogens is 5. The first kappa shape index (κ1) is 24.8. The number of nitrogens with one attached hydrogen (secondary N) is 1. The van der Waals surface area contributed by atoms with Gasteiger partial charge in [-0.3, -0.25) is 0 Å². The lowest BCUT2D eigenvalue weighted by atomic mass is 9.99. The van der Waals surface area contributed by atoms with E-state index in [0.717, 1.165) is 6.08 Å². The lowest BCUT2D eigenvalue weighted by Gasteiger charge is -2.22. The van der Waals surface area contributed by atoms with Crippen LogP contribution in [0.15, 0.2) is 24.3 Å². The Morgan fingerprint density at radius 1 is 0.969 bits per heavy atom. The van der Waals surface area contributed by atoms with Crippen molar-refractivity contribution in [1.29, 1.82) is 0 Å². The van der Waals surface area contributed by atoms with Gasteiger partial charge < -0.3 is 15.2 Å². The van der Waals surface area contributed by atoms with Crippen LogP contribution in [0.2, 0.25) is 0 Å². The summed E-state index contributed by atoms with van der Waals surface area (Å²) in [6, 6.07) is 4.61. The predicted octanol–water partition coefficient (Wildman–Crippen LogP) is 5.07. The fraction of sp³-hybridized carbons (Fsp3) is 0.273. The fourth-order valence-corrected chi connectivity index (χ4v) is 2.69. The first-order chi connectivity index (χ1) is 14.8. The standard InChI is InChI=1S/C22H20F5NO4/c1-22(2,3)32-21(31)28-14(20(29)30)10-12-7-5-4-6-11(12)8-9-13-15(23)17(25)19(27)18(26)16(13)24/h4-9,14H,10H2,1-3H3,(H,28,31)(H,29,30)/b9-8+/t14-/m1/s1. The van der Waals surface area contributed by atoms with E-state index in [4.69, 9.17) is 4.74 Å². The summed E-state index contributed by atoms with van der Waals surface area (Å²) in [7, 11) is 0. The third-order valence-electron chi connectivity index (χ3n) is 4.14. The number of carboxylic acid groups (broad SMARTS) is 1. The summed E-state index contributed by atoms with van der Waals surface area (Å²) in [5, 5.41) is 11.7. The van der Waals surface area contributed by atoms with Crippen molar-refractivity contribution >= 4 is 24.2 Å². The first-order valence-electron chi connectivity index (χ1n) is 9.31. The van der Waals surface area contributed by atoms with E-state index in [9.17, 15) is 36.6 Å². The van der Waals surface area contributed by atoms with Crippen LogP contribution < -0.4 is 5.32 Å². The molecule has 2 N–H and O–H groups in total. The van der Waals surface area contributed by atoms with Crippen molar-refractivity contribution in [2.24, 2.45) is 0 Å². The van der Waals surface area contributed by atoms with Gasteiger partial charge in [0.25, 0.3) is 0 Å². The molecule has 1 atom stereocenters. The molecule has 1 amide bonds. The number of hydrogen-bond acceptors (Lipinski definition) is 3. The smallest absolute Gasteiger partial charge is 0.408 e. The van der Waals surface area contributed by atoms with Crippen LogP contribution in [-0.2, 0) is 16.0 Å². The highest BCUT2D eigenvalue weighted by atomic mass is 19.2. The minimum atomic E-state index is -2.27. The predicted molar refractivity (Wildman–Crippen MR) is 106 cm³/mol. The van der Waals surface area contributed by atoms with Crippen LogP contribution in [0.1, 0.15) is 37.5 Å². The van der Waals surface area contributed by atoms with Crippen LogP contribution in [0.3, 0.4) is 0 Å². The number of aliphatic carboxylic acids is 1. The summed E-state index contributed by atoms with van der Waals surface area (Å²) in [6.07, 6.45) is 0.581. The average molecular weight is 457 g/mol. The number of carboxylic acids is 1. The zero-order chi connectivity index (χ0) is 24.2. The second kappa shape index (κ2) is 9.80. The second-order valence-corrected chi connectivity index (χ2v) is 7.76. The Labute approximate surface area is 180 Å². The Hall–Kier alpha value is -3.43. The van der Waals surface area contributed by atoms with E-state index in [1.807, 2.05) is 0 Å². The summed E-state index contributed by atoms with van der Waals surface area (Å²) < 4.78 is 72.8. The third kappa shape index (κ3) is 6.05. The van der Waals surface area contributed by atoms with E-state index < -0.39 is 58.4 Å². The average Bonchev–Trinajstić information content (AvgIpc) is 2.70. The molecule has 0 saturated carbocycles. The number of ether oxygens (including phenoxy) is 1. The summed E-state index contributed by atoms with van der Waals surface area (Å²) in [6.45, 7) is 4.80. The third-order valence-corrected chi connectivity index (χ3v) is 4.14. The maximum Gasteiger partial charge on any atom is 0.408 e. The maximum atomic E-state index is 13.9. The monoisotopic (exact) mass is 457 g/mol. The number of benzene rings is 2. The highest BCUT2D eigenvalue weighted by Crippen LogP contribution is 2.25. The number of amides is 1. The summed E-state index contributed by atoms with van der Waals surface area (Å²) in [4.78, 5) is 23.5. The lowest BCUT2D eigenvalue weighted by Crippen LogP contribution is -2.44. The molecule has 0 spiro atoms. The molecule has 0 radical (unpaired) electrons. The zero-order valence-electron chi connectivity index (χ0n) is 17.3. The van der Waals surface area contributed by atoms with Gasteiger partial charge in [0.2, 0.25) is 5.82 Å². The molecule has 0 bridgehead atoms. The molecule has 32 heavy (non-hydrogen) atoms. The van der Waals surface area contributed by atoms with Gasteiger partial charge >= 0.3 is 12.1 Å². The van der Waals surface area contributed by atoms with Crippen LogP contribution in [0, 0.1) is 29.1 Å². The molecule has 2 rings (SSSR count). The minimum absolute atomic E-state index is 0.244. The molecule has 0 aliphatic rings. The van der Waals surface area contributed by atoms with Crippen molar-refractivity contribution in [3.05, 3.63) is 70.0 Å². The second-order valence-electron chi connectivity index (χ2n) is 7.76. The Bertz CT molecular complexity index is 1030. The lowest BCUT2D eigenvalue weighted by molar-refractivity contribution is -0.139. The molecule has 0 aromatic heterocycles. The van der Waals surface area contributed by atoms with Gasteiger partial charge in [0.05, 0.1) is 5.56 Å². The normalized spacial score (nSPS) is 12.6. The molecule has 2 aromatic rings. The van der Waals surface area contributed by atoms with Crippen molar-refractivity contribution in [3.8, 4) is 0 Å². The van der Waals surface area contributed by atoms with E-state index in [1.54, 1.807) is 26.8 Å². The SMILES string of the molecule is CC(C)(C)OC(=O)N[C@H](Cc1ccccc1/C=C/c1c(F)c(F)c(F)c(F)c1F)C(=O)O. The molecule has 5 nitrogen and oxygen atoms in total. The van der Waals surface area contributed by atoms with Crippen LogP contribution in [0.25, 0.3) is 12.2 Å². The zero-order valence-corrected chi connectivity index (χ0v) is 17.3. The van der Waals surface area contributed by atoms with Crippen LogP contribution in [0.4, 0.5) is 26.7 Å². The molecular weight excluding hydrogens is 437 g/mol. The number of alkyl carbamates (subject to hydrolysis) is 1. The topological polar surface area (TPSA) is 75.6 Å². The number of carbonyl (C=O) groups excluding carboxylic acids is 1. The highest BCUT2D eigenvalue weighted by molar-refractivity contribution is 5.81. The van der Waals surface area contributed by atoms with Crippen LogP contribution in [-0.4, -0.2) is 28.8 Å². The molecule has 0 fully saturated rings. The van der Waals surface area contributed by atoms with Gasteiger partial charge in [0.1, 0.15) is 11.6 Å². The van der Waals surface area contributed by atoms with Crippen molar-refractivity contribution in [2.75, 3.05) is 0 Å². The van der Waals surface area contributed by atoms with Crippen molar-refractivity contribution < 1.29 is 41.4 Å². The molecule has 0 heterocycles. The number of carbonyl (C=O) groups is 2. The van der Waals surface area contributed by atoms with Crippen LogP contribution in [0.5, 0.6) is 0 Å². The van der Waals surface area contributed by atoms with Gasteiger partial charge in [0.15, 0.2) is 23.3 Å². The molecule has 2 aromatic carbocycles. The molecule has 10 heteroatoms. The molecule has 0 unspecified atom stereocenters. The van der Waals surface area contributed by atoms with E-state index in [1.165, 1.54) is 18.2 Å². The van der Waals surface area contributed by atoms with E-state index in [2.05, 4.69) is 5.32 Å². The van der Waals surface area contributed by atoms with Crippen molar-refractivity contribution in [2.45, 2.75) is 38.8 Å². The molecule has 0 saturated heterocycles. The Morgan fingerprint density at radius 3 is 2.03 bits per heavy atom. The molecular formula is C22H20F5NO4. The van der Waals surface area contributed by atoms with Gasteiger partial charge in [-0.15, -0.1) is 0 Å². The number of rotatable bonds is 6. The molecule has 172 valence electrons. The van der Waals surface area contributed by atoms with Crippen molar-refractivity contribution in [3.63, 3.8) is 0 Å². The van der Waals surface area contributed by atoms with Gasteiger partial charge in [-0.2, -0.15) is 0 Å². The van der Waals surface area contributed by atoms with Gasteiger partial charge in [-0.25, -0.2) is 31.5 Å². The quantitative estimate of drug-likeness (QED) is 0.275. The van der Waals surface area contributed by atoms with E-state index in [-0.39, 0.29) is 12.0 Å². The minimum Gasteiger partial charge on any atom is -0.480 e. The van der Waals surface area contributed by atoms with E-state index >= 15 is 0 Å². The fourth-order valence-electron chi connectivity index (χ4n) is 2.69. The largest absolute Gasteiger partial charge is 0.480 e. The van der Waals surface area contributed by atoms with Gasteiger partial charge in [-0.05, 0) is 38.0 Å². The highest BCUT2D eigenvalue weighted by Gasteiger charge is 2.26. The molecule has 0 aliphatic heterocycles. The number of hydrogen-bond donors (Lipinski definition) is 2. The molecule has 0 aliphatic carbocycles. The van der Waals surface area contributed by atoms with Gasteiger partial charge in [0, 0.05) is 6.42 Å².